The highest BCUT2D eigenvalue weighted by atomic mass is 16.5. The van der Waals surface area contributed by atoms with E-state index in [4.69, 9.17) is 14.4 Å². The van der Waals surface area contributed by atoms with E-state index in [0.717, 1.165) is 0 Å². The molecule has 0 saturated heterocycles. The molecule has 3 aromatic heterocycles. The molecule has 2 N–H and O–H groups in total. The van der Waals surface area contributed by atoms with Crippen molar-refractivity contribution in [1.29, 1.82) is 0 Å². The summed E-state index contributed by atoms with van der Waals surface area (Å²) >= 11 is 0. The third kappa shape index (κ3) is 2.29. The van der Waals surface area contributed by atoms with Gasteiger partial charge < -0.3 is 19.4 Å². The molecule has 0 fully saturated rings. The molecule has 0 bridgehead atoms. The maximum Gasteiger partial charge on any atom is 0.356 e. The Hall–Kier alpha value is -3.30. The Morgan fingerprint density at radius 1 is 1.38 bits per heavy atom. The molecule has 0 spiro atoms. The van der Waals surface area contributed by atoms with E-state index < -0.39 is 5.97 Å². The van der Waals surface area contributed by atoms with E-state index in [-0.39, 0.29) is 23.1 Å². The standard InChI is InChI=1S/C11H8N6O4/c1-20-6-3-2-5(15-16-6)9-14-10(21-17-9)7-8(11(18)19)13-4-12-7/h2-4H,1H3,(H,12,13)(H,18,19). The quantitative estimate of drug-likeness (QED) is 0.706. The molecular weight excluding hydrogens is 280 g/mol. The van der Waals surface area contributed by atoms with Gasteiger partial charge in [-0.05, 0) is 6.07 Å². The fourth-order valence-corrected chi connectivity index (χ4v) is 1.60. The molecule has 106 valence electrons. The summed E-state index contributed by atoms with van der Waals surface area (Å²) < 4.78 is 9.91. The second-order valence-corrected chi connectivity index (χ2v) is 3.82. The summed E-state index contributed by atoms with van der Waals surface area (Å²) in [6.45, 7) is 0. The van der Waals surface area contributed by atoms with Gasteiger partial charge in [0.25, 0.3) is 5.89 Å². The minimum absolute atomic E-state index is 0.00230. The first-order valence-electron chi connectivity index (χ1n) is 5.68. The van der Waals surface area contributed by atoms with E-state index in [2.05, 4.69) is 30.3 Å². The number of nitrogens with one attached hydrogen (secondary N) is 1. The lowest BCUT2D eigenvalue weighted by Gasteiger charge is -1.96. The van der Waals surface area contributed by atoms with Gasteiger partial charge in [0.2, 0.25) is 11.7 Å². The molecule has 3 aromatic rings. The van der Waals surface area contributed by atoms with E-state index in [0.29, 0.717) is 11.6 Å². The van der Waals surface area contributed by atoms with E-state index in [1.807, 2.05) is 0 Å². The van der Waals surface area contributed by atoms with Crippen molar-refractivity contribution >= 4 is 5.97 Å². The number of H-pyrrole nitrogens is 1. The summed E-state index contributed by atoms with van der Waals surface area (Å²) in [5, 5.41) is 20.4. The average Bonchev–Trinajstić information content (AvgIpc) is 3.16. The molecule has 0 aliphatic heterocycles. The summed E-state index contributed by atoms with van der Waals surface area (Å²) in [4.78, 5) is 21.4. The van der Waals surface area contributed by atoms with Crippen LogP contribution in [0.1, 0.15) is 10.5 Å². The zero-order chi connectivity index (χ0) is 14.8. The number of carbonyl (C=O) groups is 1. The fourth-order valence-electron chi connectivity index (χ4n) is 1.60. The molecule has 0 aliphatic rings. The number of carboxylic acid groups (broad SMARTS) is 1. The van der Waals surface area contributed by atoms with E-state index >= 15 is 0 Å². The van der Waals surface area contributed by atoms with Gasteiger partial charge in [0.05, 0.1) is 13.4 Å². The minimum Gasteiger partial charge on any atom is -0.480 e. The van der Waals surface area contributed by atoms with Crippen LogP contribution in [0, 0.1) is 0 Å². The molecule has 0 unspecified atom stereocenters. The number of methoxy groups -OCH3 is 1. The maximum atomic E-state index is 11.0. The van der Waals surface area contributed by atoms with Crippen LogP contribution in [0.15, 0.2) is 23.0 Å². The van der Waals surface area contributed by atoms with Gasteiger partial charge in [-0.1, -0.05) is 5.16 Å². The van der Waals surface area contributed by atoms with Crippen LogP contribution in [0.3, 0.4) is 0 Å². The largest absolute Gasteiger partial charge is 0.480 e. The third-order valence-electron chi connectivity index (χ3n) is 2.56. The average molecular weight is 288 g/mol. The summed E-state index contributed by atoms with van der Waals surface area (Å²) in [5.41, 5.74) is 0.288. The van der Waals surface area contributed by atoms with Crippen molar-refractivity contribution in [2.75, 3.05) is 7.11 Å². The Morgan fingerprint density at radius 3 is 2.90 bits per heavy atom. The zero-order valence-corrected chi connectivity index (χ0v) is 10.6. The van der Waals surface area contributed by atoms with Crippen LogP contribution < -0.4 is 4.74 Å². The predicted molar refractivity (Wildman–Crippen MR) is 66.4 cm³/mol. The summed E-state index contributed by atoms with van der Waals surface area (Å²) in [7, 11) is 1.47. The van der Waals surface area contributed by atoms with Crippen LogP contribution in [0.5, 0.6) is 5.88 Å². The third-order valence-corrected chi connectivity index (χ3v) is 2.56. The summed E-state index contributed by atoms with van der Waals surface area (Å²) in [5.74, 6) is -0.678. The van der Waals surface area contributed by atoms with Crippen LogP contribution in [-0.4, -0.2) is 48.5 Å². The molecule has 3 rings (SSSR count). The SMILES string of the molecule is COc1ccc(-c2noc(-c3[nH]cnc3C(=O)O)n2)nn1. The van der Waals surface area contributed by atoms with Crippen LogP contribution in [0.4, 0.5) is 0 Å². The number of aromatic carboxylic acids is 1. The Morgan fingerprint density at radius 2 is 2.24 bits per heavy atom. The number of aromatic amines is 1. The molecule has 0 saturated carbocycles. The number of nitrogens with zero attached hydrogens (tertiary/aromatic N) is 5. The molecule has 3 heterocycles. The first kappa shape index (κ1) is 12.7. The fraction of sp³-hybridized carbons (Fsp3) is 0.0909. The highest BCUT2D eigenvalue weighted by Gasteiger charge is 2.21. The first-order chi connectivity index (χ1) is 10.2. The molecule has 21 heavy (non-hydrogen) atoms. The van der Waals surface area contributed by atoms with Gasteiger partial charge in [-0.3, -0.25) is 0 Å². The topological polar surface area (TPSA) is 140 Å². The maximum absolute atomic E-state index is 11.0. The van der Waals surface area contributed by atoms with Gasteiger partial charge in [-0.2, -0.15) is 4.98 Å². The Bertz CT molecular complexity index is 778. The van der Waals surface area contributed by atoms with Crippen molar-refractivity contribution in [1.82, 2.24) is 30.3 Å². The number of carboxylic acids is 1. The molecule has 0 amide bonds. The number of aromatic nitrogens is 6. The highest BCUT2D eigenvalue weighted by molar-refractivity contribution is 5.91. The molecule has 10 heteroatoms. The number of hydrogen-bond donors (Lipinski definition) is 2. The second-order valence-electron chi connectivity index (χ2n) is 3.82. The Labute approximate surface area is 116 Å². The Kier molecular flexibility index (Phi) is 3.03. The normalized spacial score (nSPS) is 10.5. The van der Waals surface area contributed by atoms with E-state index in [1.165, 1.54) is 13.4 Å². The molecule has 0 atom stereocenters. The van der Waals surface area contributed by atoms with Gasteiger partial charge in [0.1, 0.15) is 11.4 Å². The van der Waals surface area contributed by atoms with Gasteiger partial charge in [-0.15, -0.1) is 10.2 Å². The van der Waals surface area contributed by atoms with Crippen molar-refractivity contribution in [2.24, 2.45) is 0 Å². The van der Waals surface area contributed by atoms with Crippen LogP contribution >= 0.6 is 0 Å². The zero-order valence-electron chi connectivity index (χ0n) is 10.6. The van der Waals surface area contributed by atoms with Crippen LogP contribution in [0.2, 0.25) is 0 Å². The lowest BCUT2D eigenvalue weighted by molar-refractivity contribution is 0.0691. The first-order valence-corrected chi connectivity index (χ1v) is 5.68. The number of rotatable bonds is 4. The Balaban J connectivity index is 1.95. The number of imidazole rings is 1. The molecule has 10 nitrogen and oxygen atoms in total. The van der Waals surface area contributed by atoms with Gasteiger partial charge >= 0.3 is 5.97 Å². The van der Waals surface area contributed by atoms with E-state index in [9.17, 15) is 4.79 Å². The number of hydrogen-bond acceptors (Lipinski definition) is 8. The van der Waals surface area contributed by atoms with Crippen molar-refractivity contribution in [3.8, 4) is 29.0 Å². The lowest BCUT2D eigenvalue weighted by atomic mass is 10.3. The minimum atomic E-state index is -1.20. The lowest BCUT2D eigenvalue weighted by Crippen LogP contribution is -1.99. The molecule has 0 aliphatic carbocycles. The van der Waals surface area contributed by atoms with Crippen molar-refractivity contribution in [2.45, 2.75) is 0 Å². The van der Waals surface area contributed by atoms with Crippen molar-refractivity contribution in [3.63, 3.8) is 0 Å². The second kappa shape index (κ2) is 5.00. The smallest absolute Gasteiger partial charge is 0.356 e. The summed E-state index contributed by atoms with van der Waals surface area (Å²) in [6, 6.07) is 3.20. The van der Waals surface area contributed by atoms with Crippen LogP contribution in [-0.2, 0) is 0 Å². The van der Waals surface area contributed by atoms with Crippen molar-refractivity contribution in [3.05, 3.63) is 24.2 Å². The van der Waals surface area contributed by atoms with Gasteiger partial charge in [0.15, 0.2) is 5.69 Å². The van der Waals surface area contributed by atoms with Gasteiger partial charge in [-0.25, -0.2) is 9.78 Å². The molecular formula is C11H8N6O4. The summed E-state index contributed by atoms with van der Waals surface area (Å²) in [6.07, 6.45) is 1.23. The highest BCUT2D eigenvalue weighted by Crippen LogP contribution is 2.22. The molecule has 0 radical (unpaired) electrons. The number of ether oxygens (including phenoxy) is 1. The monoisotopic (exact) mass is 288 g/mol. The van der Waals surface area contributed by atoms with Gasteiger partial charge in [0, 0.05) is 6.07 Å². The van der Waals surface area contributed by atoms with E-state index in [1.54, 1.807) is 12.1 Å². The molecule has 0 aromatic carbocycles. The van der Waals surface area contributed by atoms with Crippen molar-refractivity contribution < 1.29 is 19.2 Å². The predicted octanol–water partition coefficient (Wildman–Crippen LogP) is 0.623. The van der Waals surface area contributed by atoms with Crippen LogP contribution in [0.25, 0.3) is 23.1 Å².